The summed E-state index contributed by atoms with van der Waals surface area (Å²) in [6, 6.07) is 0. The molecule has 0 aromatic heterocycles. The Morgan fingerprint density at radius 1 is 0.632 bits per heavy atom. The third-order valence-corrected chi connectivity index (χ3v) is 16.7. The van der Waals surface area contributed by atoms with Gasteiger partial charge >= 0.3 is 0 Å². The Kier molecular flexibility index (Phi) is 4.69. The summed E-state index contributed by atoms with van der Waals surface area (Å²) >= 11 is 19.5. The largest absolute Gasteiger partial charge is 0.127 e. The van der Waals surface area contributed by atoms with Gasteiger partial charge in [0.2, 0.25) is 0 Å². The summed E-state index contributed by atoms with van der Waals surface area (Å²) in [4.78, 5) is 0. The van der Waals surface area contributed by atoms with E-state index in [-0.39, 0.29) is 0 Å². The van der Waals surface area contributed by atoms with Crippen molar-refractivity contribution in [3.05, 3.63) is 0 Å². The van der Waals surface area contributed by atoms with E-state index < -0.39 is 0 Å². The fourth-order valence-electron chi connectivity index (χ4n) is 2.59. The zero-order valence-corrected chi connectivity index (χ0v) is 17.0. The topological polar surface area (TPSA) is 0 Å². The second kappa shape index (κ2) is 5.48. The summed E-state index contributed by atoms with van der Waals surface area (Å²) in [6.07, 6.45) is 4.88. The molecule has 4 rings (SSSR count). The molecule has 0 aromatic rings. The van der Waals surface area contributed by atoms with E-state index in [1.54, 1.807) is 0 Å². The molecule has 0 amide bonds. The molecule has 0 saturated carbocycles. The molecule has 4 fully saturated rings. The Morgan fingerprint density at radius 2 is 0.947 bits per heavy atom. The van der Waals surface area contributed by atoms with Crippen LogP contribution in [0.1, 0.15) is 46.5 Å². The highest BCUT2D eigenvalue weighted by Gasteiger charge is 2.70. The quantitative estimate of drug-likeness (QED) is 0.464. The zero-order valence-electron chi connectivity index (χ0n) is 11.4. The Balaban J connectivity index is 2.03. The summed E-state index contributed by atoms with van der Waals surface area (Å²) in [6.45, 7) is 7.09. The van der Waals surface area contributed by atoms with Crippen LogP contribution in [-0.4, -0.2) is 19.5 Å². The van der Waals surface area contributed by atoms with Crippen molar-refractivity contribution in [3.63, 3.8) is 0 Å². The van der Waals surface area contributed by atoms with Crippen LogP contribution in [0.2, 0.25) is 0 Å². The first-order valence-corrected chi connectivity index (χ1v) is 12.2. The molecule has 0 atom stereocenters. The molecule has 0 N–H and O–H groups in total. The fraction of sp³-hybridized carbons (Fsp3) is 1.00. The minimum absolute atomic E-state index is 0.297. The van der Waals surface area contributed by atoms with E-state index in [0.717, 1.165) is 12.3 Å². The van der Waals surface area contributed by atoms with Gasteiger partial charge in [-0.25, -0.2) is 0 Å². The van der Waals surface area contributed by atoms with E-state index in [2.05, 4.69) is 91.3 Å². The standard InChI is InChI=1S/C12H19ClS6/c1-4-9-14-10(5-2)16-11(6-3,15-9)19-12(17-9,18-10)7-8-13/h4-8H2,1-3H3. The predicted octanol–water partition coefficient (Wildman–Crippen LogP) is 6.90. The first-order chi connectivity index (χ1) is 8.99. The zero-order chi connectivity index (χ0) is 13.8. The van der Waals surface area contributed by atoms with Crippen LogP contribution in [0.5, 0.6) is 0 Å². The Hall–Kier alpha value is 2.39. The third kappa shape index (κ3) is 2.61. The molecule has 0 radical (unpaired) electrons. The molecule has 110 valence electrons. The van der Waals surface area contributed by atoms with Crippen LogP contribution in [0.25, 0.3) is 0 Å². The normalized spacial score (nSPS) is 51.8. The third-order valence-electron chi connectivity index (χ3n) is 3.57. The molecule has 0 aliphatic carbocycles. The van der Waals surface area contributed by atoms with Crippen molar-refractivity contribution in [1.82, 2.24) is 0 Å². The maximum Gasteiger partial charge on any atom is 0.114 e. The number of alkyl halides is 1. The van der Waals surface area contributed by atoms with Gasteiger partial charge in [-0.05, 0) is 25.7 Å². The SMILES string of the molecule is CCC12SC3(CC)SC(CC)(S1)SC(CCCl)(S2)S3. The minimum Gasteiger partial charge on any atom is -0.127 e. The van der Waals surface area contributed by atoms with Gasteiger partial charge in [0.1, 0.15) is 13.6 Å². The molecular formula is C12H19ClS6. The number of rotatable bonds is 5. The highest BCUT2D eigenvalue weighted by atomic mass is 35.5. The van der Waals surface area contributed by atoms with Gasteiger partial charge in [0.05, 0.1) is 0 Å². The van der Waals surface area contributed by atoms with E-state index in [4.69, 9.17) is 11.6 Å². The molecular weight excluding hydrogens is 372 g/mol. The molecule has 4 bridgehead atoms. The van der Waals surface area contributed by atoms with Crippen LogP contribution >= 0.6 is 82.2 Å². The van der Waals surface area contributed by atoms with Crippen molar-refractivity contribution in [1.29, 1.82) is 0 Å². The van der Waals surface area contributed by atoms with Crippen molar-refractivity contribution in [3.8, 4) is 0 Å². The van der Waals surface area contributed by atoms with Gasteiger partial charge in [-0.3, -0.25) is 0 Å². The summed E-state index contributed by atoms with van der Waals surface area (Å²) < 4.78 is 1.38. The molecule has 0 unspecified atom stereocenters. The van der Waals surface area contributed by atoms with Gasteiger partial charge < -0.3 is 0 Å². The van der Waals surface area contributed by atoms with Gasteiger partial charge in [0.15, 0.2) is 0 Å². The molecule has 4 heterocycles. The molecule has 0 spiro atoms. The lowest BCUT2D eigenvalue weighted by atomic mass is 10.5. The average molecular weight is 391 g/mol. The van der Waals surface area contributed by atoms with E-state index in [1.165, 1.54) is 19.3 Å². The van der Waals surface area contributed by atoms with E-state index in [0.29, 0.717) is 13.6 Å². The Bertz CT molecular complexity index is 317. The van der Waals surface area contributed by atoms with Crippen molar-refractivity contribution in [2.24, 2.45) is 0 Å². The van der Waals surface area contributed by atoms with Gasteiger partial charge in [-0.1, -0.05) is 20.8 Å². The summed E-state index contributed by atoms with van der Waals surface area (Å²) in [7, 11) is 0. The van der Waals surface area contributed by atoms with E-state index >= 15 is 0 Å². The molecule has 4 saturated heterocycles. The highest BCUT2D eigenvalue weighted by Crippen LogP contribution is 2.90. The van der Waals surface area contributed by atoms with E-state index in [9.17, 15) is 0 Å². The van der Waals surface area contributed by atoms with Gasteiger partial charge in [-0.15, -0.1) is 82.2 Å². The summed E-state index contributed by atoms with van der Waals surface area (Å²) in [5.41, 5.74) is 0. The Morgan fingerprint density at radius 3 is 1.21 bits per heavy atom. The first kappa shape index (κ1) is 16.3. The van der Waals surface area contributed by atoms with Crippen LogP contribution < -0.4 is 0 Å². The number of hydrogen-bond donors (Lipinski definition) is 0. The minimum atomic E-state index is 0.297. The maximum atomic E-state index is 6.14. The fourth-order valence-corrected chi connectivity index (χ4v) is 24.0. The molecule has 4 aliphatic heterocycles. The molecule has 0 nitrogen and oxygen atoms in total. The molecule has 19 heavy (non-hydrogen) atoms. The van der Waals surface area contributed by atoms with Crippen molar-refractivity contribution < 1.29 is 0 Å². The highest BCUT2D eigenvalue weighted by molar-refractivity contribution is 8.64. The average Bonchev–Trinajstić information content (AvgIpc) is 2.37. The van der Waals surface area contributed by atoms with Gasteiger partial charge in [0.25, 0.3) is 0 Å². The number of thioether (sulfide) groups is 6. The van der Waals surface area contributed by atoms with Crippen LogP contribution in [-0.2, 0) is 0 Å². The summed E-state index contributed by atoms with van der Waals surface area (Å²) in [5.74, 6) is 0.784. The Labute approximate surface area is 147 Å². The second-order valence-corrected chi connectivity index (χ2v) is 17.9. The molecule has 7 heteroatoms. The van der Waals surface area contributed by atoms with Crippen LogP contribution in [0.4, 0.5) is 0 Å². The number of hydrogen-bond acceptors (Lipinski definition) is 6. The lowest BCUT2D eigenvalue weighted by Gasteiger charge is -2.67. The number of halogens is 1. The van der Waals surface area contributed by atoms with Crippen LogP contribution in [0.15, 0.2) is 0 Å². The lowest BCUT2D eigenvalue weighted by Crippen LogP contribution is -2.53. The van der Waals surface area contributed by atoms with Crippen molar-refractivity contribution in [2.45, 2.75) is 60.1 Å². The monoisotopic (exact) mass is 390 g/mol. The van der Waals surface area contributed by atoms with E-state index in [1.807, 2.05) is 0 Å². The van der Waals surface area contributed by atoms with Crippen molar-refractivity contribution in [2.75, 3.05) is 5.88 Å². The van der Waals surface area contributed by atoms with Gasteiger partial charge in [-0.2, -0.15) is 0 Å². The summed E-state index contributed by atoms with van der Waals surface area (Å²) in [5, 5.41) is 0. The predicted molar refractivity (Wildman–Crippen MR) is 103 cm³/mol. The molecule has 4 aliphatic rings. The second-order valence-electron chi connectivity index (χ2n) is 4.84. The van der Waals surface area contributed by atoms with Gasteiger partial charge in [0, 0.05) is 5.88 Å². The maximum absolute atomic E-state index is 6.14. The lowest BCUT2D eigenvalue weighted by molar-refractivity contribution is 0.868. The first-order valence-electron chi connectivity index (χ1n) is 6.75. The van der Waals surface area contributed by atoms with Crippen LogP contribution in [0.3, 0.4) is 0 Å². The molecule has 0 aromatic carbocycles. The smallest absolute Gasteiger partial charge is 0.114 e. The van der Waals surface area contributed by atoms with Crippen LogP contribution in [0, 0.1) is 0 Å². The van der Waals surface area contributed by atoms with Crippen molar-refractivity contribution >= 4 is 82.2 Å².